The molecule has 3 rings (SSSR count). The first kappa shape index (κ1) is 11.9. The van der Waals surface area contributed by atoms with Gasteiger partial charge >= 0.3 is 5.97 Å². The van der Waals surface area contributed by atoms with Crippen molar-refractivity contribution >= 4 is 28.3 Å². The Labute approximate surface area is 111 Å². The lowest BCUT2D eigenvalue weighted by Gasteiger charge is -1.95. The Bertz CT molecular complexity index is 791. The number of imidazole rings is 1. The van der Waals surface area contributed by atoms with Crippen molar-refractivity contribution in [3.63, 3.8) is 0 Å². The van der Waals surface area contributed by atoms with Crippen LogP contribution in [0.1, 0.15) is 15.2 Å². The standard InChI is InChI=1S/C13H9FN2O2S/c1-6-2-3-11(19-6)12-15-9-4-7(13(17)18)8(14)5-10(9)16-12/h2-5H,1H3,(H,15,16)(H,17,18). The SMILES string of the molecule is Cc1ccc(-c2nc3cc(C(=O)O)c(F)cc3[nH]2)s1. The zero-order valence-electron chi connectivity index (χ0n) is 9.90. The Morgan fingerprint density at radius 1 is 1.42 bits per heavy atom. The fourth-order valence-electron chi connectivity index (χ4n) is 1.87. The number of H-pyrrole nitrogens is 1. The summed E-state index contributed by atoms with van der Waals surface area (Å²) in [6, 6.07) is 6.30. The number of thiophene rings is 1. The Morgan fingerprint density at radius 3 is 2.84 bits per heavy atom. The van der Waals surface area contributed by atoms with Gasteiger partial charge in [-0.2, -0.15) is 0 Å². The number of carbonyl (C=O) groups is 1. The fraction of sp³-hybridized carbons (Fsp3) is 0.0769. The first-order valence-corrected chi connectivity index (χ1v) is 6.35. The molecule has 3 aromatic rings. The van der Waals surface area contributed by atoms with Gasteiger partial charge in [-0.1, -0.05) is 0 Å². The Hall–Kier alpha value is -2.21. The van der Waals surface area contributed by atoms with Crippen molar-refractivity contribution in [1.82, 2.24) is 9.97 Å². The lowest BCUT2D eigenvalue weighted by Crippen LogP contribution is -1.99. The summed E-state index contributed by atoms with van der Waals surface area (Å²) in [4.78, 5) is 20.3. The normalized spacial score (nSPS) is 11.1. The molecule has 0 saturated heterocycles. The van der Waals surface area contributed by atoms with Crippen LogP contribution in [-0.4, -0.2) is 21.0 Å². The van der Waals surface area contributed by atoms with E-state index in [1.165, 1.54) is 6.07 Å². The molecule has 0 radical (unpaired) electrons. The summed E-state index contributed by atoms with van der Waals surface area (Å²) in [5.41, 5.74) is 0.566. The number of fused-ring (bicyclic) bond motifs is 1. The third-order valence-corrected chi connectivity index (χ3v) is 3.78. The van der Waals surface area contributed by atoms with E-state index in [1.807, 2.05) is 19.1 Å². The van der Waals surface area contributed by atoms with E-state index in [-0.39, 0.29) is 5.56 Å². The van der Waals surface area contributed by atoms with Crippen LogP contribution in [-0.2, 0) is 0 Å². The first-order valence-electron chi connectivity index (χ1n) is 5.54. The number of hydrogen-bond donors (Lipinski definition) is 2. The third-order valence-electron chi connectivity index (χ3n) is 2.77. The molecule has 0 bridgehead atoms. The van der Waals surface area contributed by atoms with Crippen molar-refractivity contribution < 1.29 is 14.3 Å². The van der Waals surface area contributed by atoms with Gasteiger partial charge in [0, 0.05) is 10.9 Å². The van der Waals surface area contributed by atoms with Crippen LogP contribution >= 0.6 is 11.3 Å². The molecule has 1 aromatic carbocycles. The zero-order valence-corrected chi connectivity index (χ0v) is 10.7. The van der Waals surface area contributed by atoms with Gasteiger partial charge in [-0.25, -0.2) is 14.2 Å². The molecule has 0 unspecified atom stereocenters. The Kier molecular flexibility index (Phi) is 2.60. The molecule has 2 heterocycles. The molecule has 0 fully saturated rings. The number of halogens is 1. The van der Waals surface area contributed by atoms with E-state index in [4.69, 9.17) is 5.11 Å². The van der Waals surface area contributed by atoms with Crippen LogP contribution in [0.5, 0.6) is 0 Å². The maximum absolute atomic E-state index is 13.6. The highest BCUT2D eigenvalue weighted by Gasteiger charge is 2.15. The minimum absolute atomic E-state index is 0.368. The number of rotatable bonds is 2. The summed E-state index contributed by atoms with van der Waals surface area (Å²) >= 11 is 1.57. The minimum Gasteiger partial charge on any atom is -0.478 e. The van der Waals surface area contributed by atoms with E-state index in [0.717, 1.165) is 15.8 Å². The predicted molar refractivity (Wildman–Crippen MR) is 71.1 cm³/mol. The van der Waals surface area contributed by atoms with Crippen molar-refractivity contribution in [2.75, 3.05) is 0 Å². The average molecular weight is 276 g/mol. The molecule has 0 spiro atoms. The first-order chi connectivity index (χ1) is 9.04. The van der Waals surface area contributed by atoms with Crippen molar-refractivity contribution in [3.8, 4) is 10.7 Å². The van der Waals surface area contributed by atoms with E-state index >= 15 is 0 Å². The molecule has 6 heteroatoms. The second kappa shape index (κ2) is 4.17. The van der Waals surface area contributed by atoms with Crippen LogP contribution in [0.3, 0.4) is 0 Å². The van der Waals surface area contributed by atoms with Gasteiger partial charge in [0.25, 0.3) is 0 Å². The molecule has 0 saturated carbocycles. The number of benzene rings is 1. The van der Waals surface area contributed by atoms with Crippen LogP contribution in [0.15, 0.2) is 24.3 Å². The molecule has 2 aromatic heterocycles. The molecular formula is C13H9FN2O2S. The summed E-state index contributed by atoms with van der Waals surface area (Å²) in [7, 11) is 0. The maximum atomic E-state index is 13.6. The molecule has 0 amide bonds. The van der Waals surface area contributed by atoms with Crippen LogP contribution in [0.25, 0.3) is 21.7 Å². The molecule has 96 valence electrons. The second-order valence-corrected chi connectivity index (χ2v) is 5.44. The van der Waals surface area contributed by atoms with Crippen LogP contribution in [0.2, 0.25) is 0 Å². The van der Waals surface area contributed by atoms with E-state index in [2.05, 4.69) is 9.97 Å². The molecule has 0 aliphatic heterocycles. The van der Waals surface area contributed by atoms with E-state index < -0.39 is 11.8 Å². The van der Waals surface area contributed by atoms with Gasteiger partial charge in [-0.15, -0.1) is 11.3 Å². The summed E-state index contributed by atoms with van der Waals surface area (Å²) in [5.74, 6) is -1.44. The summed E-state index contributed by atoms with van der Waals surface area (Å²) in [6.45, 7) is 1.99. The Morgan fingerprint density at radius 2 is 2.21 bits per heavy atom. The summed E-state index contributed by atoms with van der Waals surface area (Å²) < 4.78 is 13.6. The van der Waals surface area contributed by atoms with Gasteiger partial charge in [0.2, 0.25) is 0 Å². The van der Waals surface area contributed by atoms with Crippen LogP contribution < -0.4 is 0 Å². The molecule has 4 nitrogen and oxygen atoms in total. The van der Waals surface area contributed by atoms with Gasteiger partial charge in [0.15, 0.2) is 0 Å². The van der Waals surface area contributed by atoms with Crippen molar-refractivity contribution in [2.24, 2.45) is 0 Å². The summed E-state index contributed by atoms with van der Waals surface area (Å²) in [6.07, 6.45) is 0. The third kappa shape index (κ3) is 2.00. The van der Waals surface area contributed by atoms with Crippen molar-refractivity contribution in [1.29, 1.82) is 0 Å². The highest BCUT2D eigenvalue weighted by atomic mass is 32.1. The predicted octanol–water partition coefficient (Wildman–Crippen LogP) is 3.44. The number of nitrogens with one attached hydrogen (secondary N) is 1. The van der Waals surface area contributed by atoms with Crippen molar-refractivity contribution in [2.45, 2.75) is 6.92 Å². The smallest absolute Gasteiger partial charge is 0.338 e. The monoisotopic (exact) mass is 276 g/mol. The van der Waals surface area contributed by atoms with Gasteiger partial charge < -0.3 is 10.1 Å². The topological polar surface area (TPSA) is 66.0 Å². The molecule has 0 aliphatic rings. The van der Waals surface area contributed by atoms with Gasteiger partial charge in [-0.3, -0.25) is 0 Å². The van der Waals surface area contributed by atoms with Crippen molar-refractivity contribution in [3.05, 3.63) is 40.5 Å². The number of carboxylic acids is 1. The lowest BCUT2D eigenvalue weighted by atomic mass is 10.2. The summed E-state index contributed by atoms with van der Waals surface area (Å²) in [5, 5.41) is 8.88. The fourth-order valence-corrected chi connectivity index (χ4v) is 2.69. The largest absolute Gasteiger partial charge is 0.478 e. The maximum Gasteiger partial charge on any atom is 0.338 e. The van der Waals surface area contributed by atoms with E-state index in [1.54, 1.807) is 11.3 Å². The molecular weight excluding hydrogens is 267 g/mol. The molecule has 0 atom stereocenters. The van der Waals surface area contributed by atoms with E-state index in [0.29, 0.717) is 16.9 Å². The minimum atomic E-state index is -1.30. The Balaban J connectivity index is 2.18. The molecule has 2 N–H and O–H groups in total. The molecule has 19 heavy (non-hydrogen) atoms. The number of aryl methyl sites for hydroxylation is 1. The van der Waals surface area contributed by atoms with Crippen LogP contribution in [0.4, 0.5) is 4.39 Å². The number of aromatic carboxylic acids is 1. The van der Waals surface area contributed by atoms with Crippen LogP contribution in [0, 0.1) is 12.7 Å². The highest BCUT2D eigenvalue weighted by molar-refractivity contribution is 7.15. The second-order valence-electron chi connectivity index (χ2n) is 4.15. The van der Waals surface area contributed by atoms with Gasteiger partial charge in [-0.05, 0) is 25.1 Å². The van der Waals surface area contributed by atoms with Gasteiger partial charge in [0.1, 0.15) is 11.6 Å². The number of aromatic amines is 1. The van der Waals surface area contributed by atoms with Gasteiger partial charge in [0.05, 0.1) is 21.5 Å². The average Bonchev–Trinajstić information content (AvgIpc) is 2.93. The quantitative estimate of drug-likeness (QED) is 0.753. The lowest BCUT2D eigenvalue weighted by molar-refractivity contribution is 0.0692. The molecule has 0 aliphatic carbocycles. The van der Waals surface area contributed by atoms with E-state index in [9.17, 15) is 9.18 Å². The highest BCUT2D eigenvalue weighted by Crippen LogP contribution is 2.28. The number of hydrogen-bond acceptors (Lipinski definition) is 3. The number of carboxylic acid groups (broad SMARTS) is 1. The number of aromatic nitrogens is 2. The number of nitrogens with zero attached hydrogens (tertiary/aromatic N) is 1. The zero-order chi connectivity index (χ0) is 13.6.